The van der Waals surface area contributed by atoms with Crippen LogP contribution in [-0.2, 0) is 14.8 Å². The zero-order valence-electron chi connectivity index (χ0n) is 12.0. The zero-order chi connectivity index (χ0) is 16.3. The lowest BCUT2D eigenvalue weighted by Gasteiger charge is -2.15. The van der Waals surface area contributed by atoms with Gasteiger partial charge in [0.25, 0.3) is 0 Å². The molecule has 1 fully saturated rings. The lowest BCUT2D eigenvalue weighted by atomic mass is 10.3. The fourth-order valence-electron chi connectivity index (χ4n) is 2.11. The van der Waals surface area contributed by atoms with Crippen molar-refractivity contribution < 1.29 is 23.1 Å². The van der Waals surface area contributed by atoms with Crippen LogP contribution in [0.5, 0.6) is 5.75 Å². The first kappa shape index (κ1) is 17.1. The van der Waals surface area contributed by atoms with Crippen molar-refractivity contribution in [2.45, 2.75) is 19.4 Å². The number of ether oxygens (including phenoxy) is 1. The van der Waals surface area contributed by atoms with E-state index in [2.05, 4.69) is 4.72 Å². The van der Waals surface area contributed by atoms with Gasteiger partial charge in [0, 0.05) is 11.6 Å². The molecule has 1 unspecified atom stereocenters. The largest absolute Gasteiger partial charge is 0.489 e. The Morgan fingerprint density at radius 2 is 2.09 bits per heavy atom. The van der Waals surface area contributed by atoms with Gasteiger partial charge in [0.2, 0.25) is 10.0 Å². The average molecular weight is 348 g/mol. The molecule has 0 spiro atoms. The van der Waals surface area contributed by atoms with Crippen LogP contribution in [0.3, 0.4) is 0 Å². The first-order valence-corrected chi connectivity index (χ1v) is 8.92. The van der Waals surface area contributed by atoms with Crippen LogP contribution >= 0.6 is 11.6 Å². The Bertz CT molecular complexity index is 631. The molecule has 0 aromatic heterocycles. The molecule has 6 nitrogen and oxygen atoms in total. The van der Waals surface area contributed by atoms with Crippen molar-refractivity contribution in [2.75, 3.05) is 12.3 Å². The van der Waals surface area contributed by atoms with Crippen LogP contribution in [0.2, 0.25) is 5.02 Å². The minimum atomic E-state index is -3.49. The van der Waals surface area contributed by atoms with Crippen molar-refractivity contribution in [3.63, 3.8) is 0 Å². The first-order chi connectivity index (χ1) is 10.3. The number of carboxylic acid groups (broad SMARTS) is 1. The minimum absolute atomic E-state index is 0.120. The van der Waals surface area contributed by atoms with Crippen molar-refractivity contribution >= 4 is 27.6 Å². The number of aliphatic carboxylic acids is 1. The molecular formula is C14H18ClNO5S. The van der Waals surface area contributed by atoms with Gasteiger partial charge < -0.3 is 9.84 Å². The van der Waals surface area contributed by atoms with Crippen molar-refractivity contribution in [3.05, 3.63) is 29.3 Å². The van der Waals surface area contributed by atoms with E-state index in [1.807, 2.05) is 0 Å². The van der Waals surface area contributed by atoms with Gasteiger partial charge in [0.1, 0.15) is 11.9 Å². The molecule has 22 heavy (non-hydrogen) atoms. The van der Waals surface area contributed by atoms with Crippen LogP contribution in [-0.4, -0.2) is 37.9 Å². The number of hydrogen-bond acceptors (Lipinski definition) is 4. The maximum Gasteiger partial charge on any atom is 0.306 e. The molecule has 0 amide bonds. The predicted octanol–water partition coefficient (Wildman–Crippen LogP) is 1.75. The molecule has 3 atom stereocenters. The summed E-state index contributed by atoms with van der Waals surface area (Å²) in [6, 6.07) is 6.78. The molecule has 0 saturated heterocycles. The van der Waals surface area contributed by atoms with Crippen LogP contribution in [0.4, 0.5) is 0 Å². The maximum atomic E-state index is 11.9. The third-order valence-electron chi connectivity index (χ3n) is 3.41. The Morgan fingerprint density at radius 3 is 2.64 bits per heavy atom. The molecule has 122 valence electrons. The monoisotopic (exact) mass is 347 g/mol. The highest BCUT2D eigenvalue weighted by molar-refractivity contribution is 7.89. The van der Waals surface area contributed by atoms with E-state index in [0.29, 0.717) is 17.2 Å². The molecule has 8 heteroatoms. The third-order valence-corrected chi connectivity index (χ3v) is 5.14. The Balaban J connectivity index is 1.76. The molecule has 0 radical (unpaired) electrons. The van der Waals surface area contributed by atoms with Crippen LogP contribution in [0.15, 0.2) is 24.3 Å². The number of hydrogen-bond donors (Lipinski definition) is 2. The van der Waals surface area contributed by atoms with Gasteiger partial charge in [0.15, 0.2) is 0 Å². The summed E-state index contributed by atoms with van der Waals surface area (Å²) in [6.07, 6.45) is 0.0676. The summed E-state index contributed by atoms with van der Waals surface area (Å²) in [6.45, 7) is 1.86. The van der Waals surface area contributed by atoms with E-state index in [0.717, 1.165) is 0 Å². The normalized spacial score (nSPS) is 22.1. The summed E-state index contributed by atoms with van der Waals surface area (Å²) in [4.78, 5) is 10.7. The Morgan fingerprint density at radius 1 is 1.45 bits per heavy atom. The topological polar surface area (TPSA) is 92.7 Å². The summed E-state index contributed by atoms with van der Waals surface area (Å²) < 4.78 is 31.8. The molecule has 2 rings (SSSR count). The quantitative estimate of drug-likeness (QED) is 0.747. The van der Waals surface area contributed by atoms with Gasteiger partial charge in [-0.25, -0.2) is 13.1 Å². The highest BCUT2D eigenvalue weighted by Crippen LogP contribution is 2.39. The second kappa shape index (κ2) is 6.85. The lowest BCUT2D eigenvalue weighted by molar-refractivity contribution is -0.138. The molecule has 2 N–H and O–H groups in total. The van der Waals surface area contributed by atoms with E-state index in [1.165, 1.54) is 0 Å². The fraction of sp³-hybridized carbons (Fsp3) is 0.500. The molecular weight excluding hydrogens is 330 g/mol. The number of carbonyl (C=O) groups is 1. The number of nitrogens with one attached hydrogen (secondary N) is 1. The summed E-state index contributed by atoms with van der Waals surface area (Å²) in [5, 5.41) is 9.37. The lowest BCUT2D eigenvalue weighted by Crippen LogP contribution is -2.35. The molecule has 1 aromatic carbocycles. The van der Waals surface area contributed by atoms with Crippen molar-refractivity contribution in [3.8, 4) is 5.75 Å². The van der Waals surface area contributed by atoms with E-state index in [4.69, 9.17) is 21.4 Å². The fourth-order valence-corrected chi connectivity index (χ4v) is 3.77. The van der Waals surface area contributed by atoms with Crippen LogP contribution in [0.1, 0.15) is 13.3 Å². The third kappa shape index (κ3) is 5.15. The van der Waals surface area contributed by atoms with E-state index in [1.54, 1.807) is 31.2 Å². The van der Waals surface area contributed by atoms with Gasteiger partial charge >= 0.3 is 5.97 Å². The van der Waals surface area contributed by atoms with Gasteiger partial charge in [-0.05, 0) is 43.5 Å². The smallest absolute Gasteiger partial charge is 0.306 e. The van der Waals surface area contributed by atoms with Crippen molar-refractivity contribution in [1.82, 2.24) is 4.72 Å². The number of carboxylic acids is 1. The molecule has 0 heterocycles. The highest BCUT2D eigenvalue weighted by atomic mass is 35.5. The van der Waals surface area contributed by atoms with Gasteiger partial charge in [-0.1, -0.05) is 11.6 Å². The molecule has 1 saturated carbocycles. The molecule has 1 aliphatic rings. The second-order valence-corrected chi connectivity index (χ2v) is 7.74. The predicted molar refractivity (Wildman–Crippen MR) is 82.6 cm³/mol. The Kier molecular flexibility index (Phi) is 5.31. The molecule has 1 aromatic rings. The number of benzene rings is 1. The SMILES string of the molecule is CC(CNS(=O)(=O)C[C@@H]1C[C@H]1C(=O)O)Oc1ccc(Cl)cc1. The standard InChI is InChI=1S/C14H18ClNO5S/c1-9(21-12-4-2-11(15)3-5-12)7-16-22(19,20)8-10-6-13(10)14(17)18/h2-5,9-10,13,16H,6-8H2,1H3,(H,17,18)/t9?,10-,13+/m0/s1. The van der Waals surface area contributed by atoms with Gasteiger partial charge in [-0.3, -0.25) is 4.79 Å². The summed E-state index contributed by atoms with van der Waals surface area (Å²) in [5.41, 5.74) is 0. The summed E-state index contributed by atoms with van der Waals surface area (Å²) >= 11 is 5.77. The second-order valence-electron chi connectivity index (χ2n) is 5.45. The Labute approximate surface area is 134 Å². The van der Waals surface area contributed by atoms with Crippen LogP contribution in [0, 0.1) is 11.8 Å². The van der Waals surface area contributed by atoms with E-state index < -0.39 is 21.9 Å². The number of rotatable bonds is 8. The first-order valence-electron chi connectivity index (χ1n) is 6.89. The van der Waals surface area contributed by atoms with E-state index in [-0.39, 0.29) is 24.3 Å². The van der Waals surface area contributed by atoms with Gasteiger partial charge in [-0.2, -0.15) is 0 Å². The minimum Gasteiger partial charge on any atom is -0.489 e. The van der Waals surface area contributed by atoms with Crippen LogP contribution < -0.4 is 9.46 Å². The average Bonchev–Trinajstić information content (AvgIpc) is 3.18. The van der Waals surface area contributed by atoms with E-state index >= 15 is 0 Å². The van der Waals surface area contributed by atoms with Gasteiger partial charge in [0.05, 0.1) is 11.7 Å². The molecule has 0 bridgehead atoms. The number of halogens is 1. The Hall–Kier alpha value is -1.31. The summed E-state index contributed by atoms with van der Waals surface area (Å²) in [5.74, 6) is -1.30. The zero-order valence-corrected chi connectivity index (χ0v) is 13.6. The number of sulfonamides is 1. The molecule has 0 aliphatic heterocycles. The van der Waals surface area contributed by atoms with Crippen molar-refractivity contribution in [1.29, 1.82) is 0 Å². The summed E-state index contributed by atoms with van der Waals surface area (Å²) in [7, 11) is -3.49. The maximum absolute atomic E-state index is 11.9. The van der Waals surface area contributed by atoms with E-state index in [9.17, 15) is 13.2 Å². The highest BCUT2D eigenvalue weighted by Gasteiger charge is 2.45. The van der Waals surface area contributed by atoms with Crippen molar-refractivity contribution in [2.24, 2.45) is 11.8 Å². The van der Waals surface area contributed by atoms with Crippen LogP contribution in [0.25, 0.3) is 0 Å². The van der Waals surface area contributed by atoms with Gasteiger partial charge in [-0.15, -0.1) is 0 Å². The molecule has 1 aliphatic carbocycles.